The highest BCUT2D eigenvalue weighted by atomic mass is 16.5. The van der Waals surface area contributed by atoms with E-state index >= 15 is 0 Å². The number of benzene rings is 2. The van der Waals surface area contributed by atoms with Crippen LogP contribution in [0.15, 0.2) is 54.6 Å². The third kappa shape index (κ3) is 4.72. The molecule has 7 nitrogen and oxygen atoms in total. The lowest BCUT2D eigenvalue weighted by molar-refractivity contribution is -0.123. The second kappa shape index (κ2) is 8.18. The van der Waals surface area contributed by atoms with Crippen LogP contribution in [0.25, 0.3) is 11.3 Å². The molecule has 0 aliphatic rings. The zero-order valence-electron chi connectivity index (χ0n) is 15.1. The first kappa shape index (κ1) is 18.2. The maximum atomic E-state index is 12.1. The van der Waals surface area contributed by atoms with E-state index in [0.717, 1.165) is 16.7 Å². The van der Waals surface area contributed by atoms with Gasteiger partial charge in [-0.1, -0.05) is 48.0 Å². The first-order valence-electron chi connectivity index (χ1n) is 8.43. The fraction of sp³-hybridized carbons (Fsp3) is 0.150. The van der Waals surface area contributed by atoms with Crippen LogP contribution in [0.1, 0.15) is 21.6 Å². The molecule has 0 radical (unpaired) electrons. The lowest BCUT2D eigenvalue weighted by Crippen LogP contribution is -2.44. The summed E-state index contributed by atoms with van der Waals surface area (Å²) in [5.41, 5.74) is 8.48. The van der Waals surface area contributed by atoms with Crippen molar-refractivity contribution in [3.63, 3.8) is 0 Å². The lowest BCUT2D eigenvalue weighted by Gasteiger charge is -2.10. The summed E-state index contributed by atoms with van der Waals surface area (Å²) in [5, 5.41) is 6.76. The molecule has 0 bridgehead atoms. The van der Waals surface area contributed by atoms with E-state index in [4.69, 9.17) is 4.74 Å². The third-order valence-electron chi connectivity index (χ3n) is 3.90. The van der Waals surface area contributed by atoms with Gasteiger partial charge in [0.05, 0.1) is 5.69 Å². The molecule has 1 aromatic heterocycles. The number of aromatic amines is 1. The van der Waals surface area contributed by atoms with Crippen molar-refractivity contribution >= 4 is 11.8 Å². The SMILES string of the molecule is Cc1ccc(OCC(=O)NNC(=O)c2cc(-c3ccccc3)n[nH]2)c(C)c1. The molecule has 3 N–H and O–H groups in total. The number of H-pyrrole nitrogens is 1. The van der Waals surface area contributed by atoms with E-state index in [9.17, 15) is 9.59 Å². The Labute approximate surface area is 156 Å². The molecule has 1 heterocycles. The van der Waals surface area contributed by atoms with Crippen LogP contribution < -0.4 is 15.6 Å². The highest BCUT2D eigenvalue weighted by Gasteiger charge is 2.12. The molecule has 0 aliphatic carbocycles. The summed E-state index contributed by atoms with van der Waals surface area (Å²) in [6.07, 6.45) is 0. The van der Waals surface area contributed by atoms with Crippen molar-refractivity contribution in [1.29, 1.82) is 0 Å². The minimum atomic E-state index is -0.496. The minimum absolute atomic E-state index is 0.206. The third-order valence-corrected chi connectivity index (χ3v) is 3.90. The highest BCUT2D eigenvalue weighted by molar-refractivity contribution is 5.94. The van der Waals surface area contributed by atoms with Gasteiger partial charge in [-0.15, -0.1) is 0 Å². The molecule has 0 fully saturated rings. The Kier molecular flexibility index (Phi) is 5.51. The molecule has 27 heavy (non-hydrogen) atoms. The van der Waals surface area contributed by atoms with Gasteiger partial charge in [0.15, 0.2) is 6.61 Å². The van der Waals surface area contributed by atoms with E-state index in [1.54, 1.807) is 6.07 Å². The van der Waals surface area contributed by atoms with Gasteiger partial charge in [-0.3, -0.25) is 25.5 Å². The number of ether oxygens (including phenoxy) is 1. The number of carbonyl (C=O) groups excluding carboxylic acids is 2. The number of hydrogen-bond acceptors (Lipinski definition) is 4. The molecular formula is C20H20N4O3. The second-order valence-electron chi connectivity index (χ2n) is 6.09. The van der Waals surface area contributed by atoms with E-state index in [-0.39, 0.29) is 12.3 Å². The van der Waals surface area contributed by atoms with Gasteiger partial charge in [0.2, 0.25) is 0 Å². The molecule has 0 saturated carbocycles. The van der Waals surface area contributed by atoms with Crippen molar-refractivity contribution < 1.29 is 14.3 Å². The van der Waals surface area contributed by atoms with Gasteiger partial charge in [0, 0.05) is 5.56 Å². The first-order valence-corrected chi connectivity index (χ1v) is 8.43. The number of amides is 2. The quantitative estimate of drug-likeness (QED) is 0.606. The highest BCUT2D eigenvalue weighted by Crippen LogP contribution is 2.18. The lowest BCUT2D eigenvalue weighted by atomic mass is 10.1. The van der Waals surface area contributed by atoms with E-state index in [0.29, 0.717) is 11.4 Å². The Morgan fingerprint density at radius 1 is 1.04 bits per heavy atom. The van der Waals surface area contributed by atoms with Crippen LogP contribution >= 0.6 is 0 Å². The number of hydrazine groups is 1. The Balaban J connectivity index is 1.50. The molecule has 0 spiro atoms. The standard InChI is InChI=1S/C20H20N4O3/c1-13-8-9-18(14(2)10-13)27-12-19(25)23-24-20(26)17-11-16(21-22-17)15-6-4-3-5-7-15/h3-11H,12H2,1-2H3,(H,21,22)(H,23,25)(H,24,26). The van der Waals surface area contributed by atoms with Crippen LogP contribution in [0.3, 0.4) is 0 Å². The largest absolute Gasteiger partial charge is 0.483 e. The molecule has 0 saturated heterocycles. The average Bonchev–Trinajstić information content (AvgIpc) is 3.16. The Morgan fingerprint density at radius 3 is 2.56 bits per heavy atom. The summed E-state index contributed by atoms with van der Waals surface area (Å²) in [6.45, 7) is 3.69. The summed E-state index contributed by atoms with van der Waals surface area (Å²) in [4.78, 5) is 24.0. The fourth-order valence-corrected chi connectivity index (χ4v) is 2.53. The molecule has 7 heteroatoms. The van der Waals surface area contributed by atoms with Crippen molar-refractivity contribution in [3.8, 4) is 17.0 Å². The van der Waals surface area contributed by atoms with Gasteiger partial charge in [0.25, 0.3) is 11.8 Å². The first-order chi connectivity index (χ1) is 13.0. The van der Waals surface area contributed by atoms with Crippen molar-refractivity contribution in [3.05, 3.63) is 71.4 Å². The van der Waals surface area contributed by atoms with E-state index in [2.05, 4.69) is 21.0 Å². The fourth-order valence-electron chi connectivity index (χ4n) is 2.53. The molecule has 3 aromatic rings. The summed E-state index contributed by atoms with van der Waals surface area (Å²) in [7, 11) is 0. The maximum Gasteiger partial charge on any atom is 0.287 e. The zero-order valence-corrected chi connectivity index (χ0v) is 15.1. The zero-order chi connectivity index (χ0) is 19.2. The van der Waals surface area contributed by atoms with Crippen molar-refractivity contribution in [2.75, 3.05) is 6.61 Å². The van der Waals surface area contributed by atoms with Crippen LogP contribution in [-0.2, 0) is 4.79 Å². The minimum Gasteiger partial charge on any atom is -0.483 e. The van der Waals surface area contributed by atoms with E-state index in [1.807, 2.05) is 62.4 Å². The second-order valence-corrected chi connectivity index (χ2v) is 6.09. The summed E-state index contributed by atoms with van der Waals surface area (Å²) in [6, 6.07) is 16.8. The molecule has 0 atom stereocenters. The number of carbonyl (C=O) groups is 2. The van der Waals surface area contributed by atoms with Gasteiger partial charge in [0.1, 0.15) is 11.4 Å². The number of nitrogens with zero attached hydrogens (tertiary/aromatic N) is 1. The summed E-state index contributed by atoms with van der Waals surface area (Å²) in [5.74, 6) is -0.334. The number of aryl methyl sites for hydroxylation is 2. The summed E-state index contributed by atoms with van der Waals surface area (Å²) >= 11 is 0. The Hall–Kier alpha value is -3.61. The predicted molar refractivity (Wildman–Crippen MR) is 101 cm³/mol. The van der Waals surface area contributed by atoms with Gasteiger partial charge in [-0.25, -0.2) is 0 Å². The summed E-state index contributed by atoms with van der Waals surface area (Å²) < 4.78 is 5.47. The molecule has 2 amide bonds. The molecule has 138 valence electrons. The van der Waals surface area contributed by atoms with Crippen molar-refractivity contribution in [2.45, 2.75) is 13.8 Å². The van der Waals surface area contributed by atoms with E-state index < -0.39 is 11.8 Å². The maximum absolute atomic E-state index is 12.1. The molecule has 0 unspecified atom stereocenters. The molecule has 2 aromatic carbocycles. The molecule has 0 aliphatic heterocycles. The van der Waals surface area contributed by atoms with Crippen LogP contribution in [0.4, 0.5) is 0 Å². The van der Waals surface area contributed by atoms with Crippen LogP contribution in [-0.4, -0.2) is 28.6 Å². The van der Waals surface area contributed by atoms with Crippen LogP contribution in [0.5, 0.6) is 5.75 Å². The molecule has 3 rings (SSSR count). The Bertz CT molecular complexity index is 951. The van der Waals surface area contributed by atoms with Gasteiger partial charge in [-0.2, -0.15) is 5.10 Å². The predicted octanol–water partition coefficient (Wildman–Crippen LogP) is 2.53. The van der Waals surface area contributed by atoms with Gasteiger partial charge >= 0.3 is 0 Å². The average molecular weight is 364 g/mol. The number of rotatable bonds is 5. The smallest absolute Gasteiger partial charge is 0.287 e. The van der Waals surface area contributed by atoms with Gasteiger partial charge in [-0.05, 0) is 31.5 Å². The van der Waals surface area contributed by atoms with Crippen molar-refractivity contribution in [1.82, 2.24) is 21.0 Å². The number of aromatic nitrogens is 2. The topological polar surface area (TPSA) is 96.1 Å². The van der Waals surface area contributed by atoms with E-state index in [1.165, 1.54) is 0 Å². The van der Waals surface area contributed by atoms with Crippen LogP contribution in [0, 0.1) is 13.8 Å². The monoisotopic (exact) mass is 364 g/mol. The number of hydrogen-bond donors (Lipinski definition) is 3. The normalized spacial score (nSPS) is 10.3. The number of nitrogens with one attached hydrogen (secondary N) is 3. The van der Waals surface area contributed by atoms with Crippen molar-refractivity contribution in [2.24, 2.45) is 0 Å². The Morgan fingerprint density at radius 2 is 1.81 bits per heavy atom. The van der Waals surface area contributed by atoms with Gasteiger partial charge < -0.3 is 4.74 Å². The van der Waals surface area contributed by atoms with Crippen LogP contribution in [0.2, 0.25) is 0 Å². The molecular weight excluding hydrogens is 344 g/mol.